The van der Waals surface area contributed by atoms with Gasteiger partial charge in [-0.1, -0.05) is 29.8 Å². The Labute approximate surface area is 111 Å². The molecule has 1 aromatic rings. The van der Waals surface area contributed by atoms with Gasteiger partial charge < -0.3 is 10.6 Å². The second-order valence-electron chi connectivity index (χ2n) is 4.63. The van der Waals surface area contributed by atoms with Crippen molar-refractivity contribution in [3.8, 4) is 0 Å². The van der Waals surface area contributed by atoms with Gasteiger partial charge in [-0.3, -0.25) is 9.59 Å². The molecule has 2 rings (SSSR count). The highest BCUT2D eigenvalue weighted by molar-refractivity contribution is 6.31. The summed E-state index contributed by atoms with van der Waals surface area (Å²) >= 11 is 6.09. The second-order valence-corrected chi connectivity index (χ2v) is 5.04. The van der Waals surface area contributed by atoms with Gasteiger partial charge in [-0.2, -0.15) is 0 Å². The Hall–Kier alpha value is -1.55. The number of hydrogen-bond donors (Lipinski definition) is 1. The fourth-order valence-electron chi connectivity index (χ4n) is 2.18. The van der Waals surface area contributed by atoms with Crippen molar-refractivity contribution in [3.05, 3.63) is 34.9 Å². The molecule has 0 saturated heterocycles. The highest BCUT2D eigenvalue weighted by atomic mass is 35.5. The van der Waals surface area contributed by atoms with Crippen molar-refractivity contribution in [1.82, 2.24) is 4.90 Å². The van der Waals surface area contributed by atoms with E-state index in [0.29, 0.717) is 5.02 Å². The number of likely N-dealkylation sites (N-methyl/N-ethyl adjacent to an activating group) is 1. The first kappa shape index (κ1) is 12.9. The average Bonchev–Trinajstić information content (AvgIpc) is 3.07. The molecule has 0 aromatic heterocycles. The normalized spacial score (nSPS) is 21.4. The molecular weight excluding hydrogens is 252 g/mol. The molecule has 2 atom stereocenters. The molecule has 0 heterocycles. The lowest BCUT2D eigenvalue weighted by Gasteiger charge is -2.15. The molecule has 1 aliphatic carbocycles. The van der Waals surface area contributed by atoms with Crippen molar-refractivity contribution in [1.29, 1.82) is 0 Å². The van der Waals surface area contributed by atoms with Crippen molar-refractivity contribution in [2.45, 2.75) is 12.3 Å². The first-order chi connectivity index (χ1) is 8.50. The van der Waals surface area contributed by atoms with Crippen LogP contribution in [0.15, 0.2) is 24.3 Å². The van der Waals surface area contributed by atoms with Gasteiger partial charge in [0.2, 0.25) is 11.8 Å². The molecule has 96 valence electrons. The third kappa shape index (κ3) is 2.64. The standard InChI is InChI=1S/C13H15ClN2O2/c1-16(7-12(15)17)13(18)10-6-9(10)8-4-2-3-5-11(8)14/h2-5,9-10H,6-7H2,1H3,(H2,15,17)/t9-,10+/m0/s1. The number of nitrogens with zero attached hydrogens (tertiary/aromatic N) is 1. The van der Waals surface area contributed by atoms with Gasteiger partial charge in [0, 0.05) is 18.0 Å². The molecule has 0 spiro atoms. The maximum absolute atomic E-state index is 12.0. The van der Waals surface area contributed by atoms with Crippen molar-refractivity contribution < 1.29 is 9.59 Å². The number of amides is 2. The summed E-state index contributed by atoms with van der Waals surface area (Å²) < 4.78 is 0. The van der Waals surface area contributed by atoms with Gasteiger partial charge in [0.15, 0.2) is 0 Å². The van der Waals surface area contributed by atoms with Crippen LogP contribution in [0.25, 0.3) is 0 Å². The fourth-order valence-corrected chi connectivity index (χ4v) is 2.46. The lowest BCUT2D eigenvalue weighted by molar-refractivity contribution is -0.134. The monoisotopic (exact) mass is 266 g/mol. The summed E-state index contributed by atoms with van der Waals surface area (Å²) in [6, 6.07) is 7.54. The molecule has 1 fully saturated rings. The molecule has 0 radical (unpaired) electrons. The molecule has 5 heteroatoms. The van der Waals surface area contributed by atoms with Gasteiger partial charge in [-0.05, 0) is 24.0 Å². The van der Waals surface area contributed by atoms with E-state index >= 15 is 0 Å². The minimum Gasteiger partial charge on any atom is -0.368 e. The van der Waals surface area contributed by atoms with Gasteiger partial charge in [0.25, 0.3) is 0 Å². The van der Waals surface area contributed by atoms with Crippen LogP contribution in [-0.4, -0.2) is 30.3 Å². The zero-order valence-corrected chi connectivity index (χ0v) is 10.9. The number of halogens is 1. The molecular formula is C13H15ClN2O2. The van der Waals surface area contributed by atoms with Crippen molar-refractivity contribution in [3.63, 3.8) is 0 Å². The maximum Gasteiger partial charge on any atom is 0.237 e. The van der Waals surface area contributed by atoms with Gasteiger partial charge in [-0.15, -0.1) is 0 Å². The summed E-state index contributed by atoms with van der Waals surface area (Å²) in [6.45, 7) is -0.0371. The predicted molar refractivity (Wildman–Crippen MR) is 69.1 cm³/mol. The van der Waals surface area contributed by atoms with Gasteiger partial charge in [-0.25, -0.2) is 0 Å². The summed E-state index contributed by atoms with van der Waals surface area (Å²) in [5.41, 5.74) is 6.07. The highest BCUT2D eigenvalue weighted by Gasteiger charge is 2.46. The molecule has 4 nitrogen and oxygen atoms in total. The summed E-state index contributed by atoms with van der Waals surface area (Å²) in [5, 5.41) is 0.690. The molecule has 0 bridgehead atoms. The topological polar surface area (TPSA) is 63.4 Å². The minimum absolute atomic E-state index is 0.0371. The number of primary amides is 1. The third-order valence-electron chi connectivity index (χ3n) is 3.18. The number of hydrogen-bond acceptors (Lipinski definition) is 2. The number of carbonyl (C=O) groups is 2. The molecule has 2 N–H and O–H groups in total. The Morgan fingerprint density at radius 2 is 2.11 bits per heavy atom. The van der Waals surface area contributed by atoms with Gasteiger partial charge in [0.1, 0.15) is 0 Å². The lowest BCUT2D eigenvalue weighted by atomic mass is 10.1. The van der Waals surface area contributed by atoms with Crippen LogP contribution in [0.4, 0.5) is 0 Å². The molecule has 18 heavy (non-hydrogen) atoms. The van der Waals surface area contributed by atoms with Crippen LogP contribution in [-0.2, 0) is 9.59 Å². The quantitative estimate of drug-likeness (QED) is 0.895. The predicted octanol–water partition coefficient (Wildman–Crippen LogP) is 1.39. The van der Waals surface area contributed by atoms with Crippen molar-refractivity contribution in [2.75, 3.05) is 13.6 Å². The Bertz CT molecular complexity index is 490. The Morgan fingerprint density at radius 1 is 1.44 bits per heavy atom. The zero-order chi connectivity index (χ0) is 13.3. The first-order valence-corrected chi connectivity index (χ1v) is 6.16. The van der Waals surface area contributed by atoms with Crippen LogP contribution < -0.4 is 5.73 Å². The lowest BCUT2D eigenvalue weighted by Crippen LogP contribution is -2.36. The van der Waals surface area contributed by atoms with E-state index in [-0.39, 0.29) is 24.3 Å². The number of benzene rings is 1. The highest BCUT2D eigenvalue weighted by Crippen LogP contribution is 2.50. The van der Waals surface area contributed by atoms with Crippen molar-refractivity contribution in [2.24, 2.45) is 11.7 Å². The molecule has 1 aromatic carbocycles. The second kappa shape index (κ2) is 4.98. The Balaban J connectivity index is 2.01. The van der Waals surface area contributed by atoms with Crippen molar-refractivity contribution >= 4 is 23.4 Å². The maximum atomic E-state index is 12.0. The third-order valence-corrected chi connectivity index (χ3v) is 3.53. The molecule has 0 unspecified atom stereocenters. The Morgan fingerprint density at radius 3 is 2.72 bits per heavy atom. The summed E-state index contributed by atoms with van der Waals surface area (Å²) in [4.78, 5) is 24.2. The zero-order valence-electron chi connectivity index (χ0n) is 10.1. The van der Waals surface area contributed by atoms with Crippen LogP contribution >= 0.6 is 11.6 Å². The summed E-state index contributed by atoms with van der Waals surface area (Å²) in [6.07, 6.45) is 0.783. The largest absolute Gasteiger partial charge is 0.368 e. The first-order valence-electron chi connectivity index (χ1n) is 5.78. The SMILES string of the molecule is CN(CC(N)=O)C(=O)[C@@H]1C[C@H]1c1ccccc1Cl. The van der Waals surface area contributed by atoms with Gasteiger partial charge in [0.05, 0.1) is 6.54 Å². The van der Waals surface area contributed by atoms with E-state index in [1.54, 1.807) is 7.05 Å². The summed E-state index contributed by atoms with van der Waals surface area (Å²) in [7, 11) is 1.59. The molecule has 1 saturated carbocycles. The van der Waals surface area contributed by atoms with E-state index in [2.05, 4.69) is 0 Å². The molecule has 0 aliphatic heterocycles. The van der Waals surface area contributed by atoms with E-state index in [1.807, 2.05) is 24.3 Å². The molecule has 1 aliphatic rings. The van der Waals surface area contributed by atoms with E-state index in [9.17, 15) is 9.59 Å². The van der Waals surface area contributed by atoms with E-state index in [4.69, 9.17) is 17.3 Å². The Kier molecular flexibility index (Phi) is 3.57. The number of nitrogens with two attached hydrogens (primary N) is 1. The molecule has 2 amide bonds. The van der Waals surface area contributed by atoms with Crippen LogP contribution in [0.2, 0.25) is 5.02 Å². The smallest absolute Gasteiger partial charge is 0.237 e. The van der Waals surface area contributed by atoms with Crippen LogP contribution in [0.3, 0.4) is 0 Å². The van der Waals surface area contributed by atoms with E-state index in [0.717, 1.165) is 12.0 Å². The van der Waals surface area contributed by atoms with Crippen LogP contribution in [0.1, 0.15) is 17.9 Å². The number of rotatable bonds is 4. The van der Waals surface area contributed by atoms with Gasteiger partial charge >= 0.3 is 0 Å². The fraction of sp³-hybridized carbons (Fsp3) is 0.385. The van der Waals surface area contributed by atoms with Crippen LogP contribution in [0.5, 0.6) is 0 Å². The van der Waals surface area contributed by atoms with Crippen LogP contribution in [0, 0.1) is 5.92 Å². The minimum atomic E-state index is -0.499. The average molecular weight is 267 g/mol. The summed E-state index contributed by atoms with van der Waals surface area (Å²) in [5.74, 6) is -0.449. The van der Waals surface area contributed by atoms with E-state index < -0.39 is 5.91 Å². The van der Waals surface area contributed by atoms with E-state index in [1.165, 1.54) is 4.90 Å². The number of carbonyl (C=O) groups excluding carboxylic acids is 2.